The average Bonchev–Trinajstić information content (AvgIpc) is 3.18. The van der Waals surface area contributed by atoms with Gasteiger partial charge in [-0.15, -0.1) is 35.3 Å². The summed E-state index contributed by atoms with van der Waals surface area (Å²) in [7, 11) is 1.90. The molecule has 6 nitrogen and oxygen atoms in total. The van der Waals surface area contributed by atoms with Gasteiger partial charge in [0.05, 0.1) is 16.8 Å². The Hall–Kier alpha value is -0.450. The second-order valence-electron chi connectivity index (χ2n) is 7.88. The zero-order valence-electron chi connectivity index (χ0n) is 18.2. The van der Waals surface area contributed by atoms with Crippen LogP contribution in [0.15, 0.2) is 10.4 Å². The molecule has 2 aliphatic rings. The summed E-state index contributed by atoms with van der Waals surface area (Å²) in [4.78, 5) is 14.2. The van der Waals surface area contributed by atoms with Crippen LogP contribution in [0.5, 0.6) is 0 Å². The van der Waals surface area contributed by atoms with Crippen LogP contribution in [0.2, 0.25) is 0 Å². The van der Waals surface area contributed by atoms with E-state index in [0.29, 0.717) is 6.10 Å². The lowest BCUT2D eigenvalue weighted by Crippen LogP contribution is -2.48. The maximum atomic E-state index is 5.76. The highest BCUT2D eigenvalue weighted by Crippen LogP contribution is 2.20. The molecule has 0 saturated carbocycles. The quantitative estimate of drug-likeness (QED) is 0.329. The van der Waals surface area contributed by atoms with Crippen molar-refractivity contribution in [3.63, 3.8) is 0 Å². The molecule has 1 aromatic heterocycles. The lowest BCUT2D eigenvalue weighted by atomic mass is 9.96. The van der Waals surface area contributed by atoms with E-state index in [0.717, 1.165) is 63.9 Å². The fourth-order valence-corrected chi connectivity index (χ4v) is 4.94. The van der Waals surface area contributed by atoms with Gasteiger partial charge in [-0.25, -0.2) is 4.98 Å². The molecule has 3 rings (SSSR count). The van der Waals surface area contributed by atoms with Crippen LogP contribution in [0, 0.1) is 5.92 Å². The van der Waals surface area contributed by atoms with Crippen molar-refractivity contribution in [3.05, 3.63) is 16.1 Å². The molecule has 0 spiro atoms. The van der Waals surface area contributed by atoms with Gasteiger partial charge in [0.2, 0.25) is 0 Å². The number of hydrogen-bond donors (Lipinski definition) is 1. The van der Waals surface area contributed by atoms with Crippen molar-refractivity contribution >= 4 is 41.3 Å². The molecule has 166 valence electrons. The third-order valence-corrected chi connectivity index (χ3v) is 6.94. The van der Waals surface area contributed by atoms with Crippen molar-refractivity contribution in [3.8, 4) is 0 Å². The topological polar surface area (TPSA) is 53.0 Å². The van der Waals surface area contributed by atoms with E-state index in [1.165, 1.54) is 36.6 Å². The maximum Gasteiger partial charge on any atom is 0.193 e. The summed E-state index contributed by atoms with van der Waals surface area (Å²) in [6.07, 6.45) is 6.17. The van der Waals surface area contributed by atoms with Crippen LogP contribution in [0.3, 0.4) is 0 Å². The van der Waals surface area contributed by atoms with Gasteiger partial charge in [0, 0.05) is 45.2 Å². The number of guanidine groups is 1. The molecule has 0 amide bonds. The molecule has 0 radical (unpaired) electrons. The second kappa shape index (κ2) is 13.1. The molecule has 1 N–H and O–H groups in total. The van der Waals surface area contributed by atoms with Gasteiger partial charge < -0.3 is 15.0 Å². The second-order valence-corrected chi connectivity index (χ2v) is 8.82. The Morgan fingerprint density at radius 3 is 2.52 bits per heavy atom. The van der Waals surface area contributed by atoms with E-state index < -0.39 is 0 Å². The summed E-state index contributed by atoms with van der Waals surface area (Å²) in [6.45, 7) is 11.5. The number of piperidine rings is 2. The van der Waals surface area contributed by atoms with Crippen molar-refractivity contribution in [2.24, 2.45) is 10.9 Å². The highest BCUT2D eigenvalue weighted by molar-refractivity contribution is 14.0. The van der Waals surface area contributed by atoms with Crippen molar-refractivity contribution in [2.75, 3.05) is 46.4 Å². The van der Waals surface area contributed by atoms with Gasteiger partial charge >= 0.3 is 0 Å². The summed E-state index contributed by atoms with van der Waals surface area (Å²) in [5.74, 6) is 1.79. The fraction of sp³-hybridized carbons (Fsp3) is 0.810. The number of aromatic nitrogens is 1. The summed E-state index contributed by atoms with van der Waals surface area (Å²) in [6, 6.07) is 0. The summed E-state index contributed by atoms with van der Waals surface area (Å²) in [5.41, 5.74) is 1.24. The Morgan fingerprint density at radius 1 is 1.21 bits per heavy atom. The van der Waals surface area contributed by atoms with E-state index in [1.807, 2.05) is 7.05 Å². The number of ether oxygens (including phenoxy) is 1. The Kier molecular flexibility index (Phi) is 11.2. The molecule has 0 bridgehead atoms. The Morgan fingerprint density at radius 2 is 1.93 bits per heavy atom. The molecule has 1 aromatic rings. The fourth-order valence-electron chi connectivity index (χ4n) is 4.20. The van der Waals surface area contributed by atoms with E-state index >= 15 is 0 Å². The first-order valence-corrected chi connectivity index (χ1v) is 11.8. The summed E-state index contributed by atoms with van der Waals surface area (Å²) in [5, 5.41) is 7.12. The highest BCUT2D eigenvalue weighted by atomic mass is 127. The number of thiazole rings is 1. The first kappa shape index (κ1) is 24.8. The van der Waals surface area contributed by atoms with Gasteiger partial charge in [0.15, 0.2) is 5.96 Å². The van der Waals surface area contributed by atoms with Gasteiger partial charge in [-0.05, 0) is 58.0 Å². The van der Waals surface area contributed by atoms with E-state index in [2.05, 4.69) is 39.3 Å². The average molecular weight is 536 g/mol. The third kappa shape index (κ3) is 7.63. The van der Waals surface area contributed by atoms with Crippen molar-refractivity contribution in [1.82, 2.24) is 20.1 Å². The molecule has 2 saturated heterocycles. The number of halogens is 1. The lowest BCUT2D eigenvalue weighted by molar-refractivity contribution is 0.0263. The number of aryl methyl sites for hydroxylation is 1. The molecular formula is C21H38IN5OS. The molecule has 0 unspecified atom stereocenters. The monoisotopic (exact) mass is 535 g/mol. The highest BCUT2D eigenvalue weighted by Gasteiger charge is 2.24. The Labute approximate surface area is 197 Å². The number of aliphatic imine (C=N–C) groups is 1. The molecule has 8 heteroatoms. The van der Waals surface area contributed by atoms with Crippen LogP contribution in [0.4, 0.5) is 0 Å². The standard InChI is InChI=1S/C21H37N5OS.HI/c1-4-20-24-18(16-28-20)15-25-10-6-17(7-11-25)14-23-21(22-3)26-12-8-19(9-13-26)27-5-2;/h16-17,19H,4-15H2,1-3H3,(H,22,23);1H. The van der Waals surface area contributed by atoms with E-state index in [4.69, 9.17) is 9.72 Å². The van der Waals surface area contributed by atoms with Gasteiger partial charge in [-0.2, -0.15) is 0 Å². The smallest absolute Gasteiger partial charge is 0.193 e. The van der Waals surface area contributed by atoms with Crippen LogP contribution in [-0.2, 0) is 17.7 Å². The number of hydrogen-bond acceptors (Lipinski definition) is 5. The predicted molar refractivity (Wildman–Crippen MR) is 132 cm³/mol. The molecule has 29 heavy (non-hydrogen) atoms. The van der Waals surface area contributed by atoms with E-state index in [1.54, 1.807) is 11.3 Å². The largest absolute Gasteiger partial charge is 0.378 e. The first-order chi connectivity index (χ1) is 13.7. The Balaban J connectivity index is 0.00000300. The number of rotatable bonds is 7. The number of nitrogens with zero attached hydrogens (tertiary/aromatic N) is 4. The third-order valence-electron chi connectivity index (χ3n) is 5.90. The van der Waals surface area contributed by atoms with Gasteiger partial charge in [-0.3, -0.25) is 9.89 Å². The SMILES string of the molecule is CCOC1CCN(C(=NC)NCC2CCN(Cc3csc(CC)n3)CC2)CC1.I. The Bertz CT molecular complexity index is 610. The summed E-state index contributed by atoms with van der Waals surface area (Å²) < 4.78 is 5.76. The minimum Gasteiger partial charge on any atom is -0.378 e. The lowest BCUT2D eigenvalue weighted by Gasteiger charge is -2.35. The van der Waals surface area contributed by atoms with Crippen LogP contribution in [0.1, 0.15) is 50.2 Å². The molecule has 2 fully saturated rings. The normalized spacial score (nSPS) is 20.0. The van der Waals surface area contributed by atoms with Gasteiger partial charge in [0.25, 0.3) is 0 Å². The van der Waals surface area contributed by atoms with Crippen molar-refractivity contribution < 1.29 is 4.74 Å². The van der Waals surface area contributed by atoms with Crippen LogP contribution in [-0.4, -0.2) is 73.2 Å². The van der Waals surface area contributed by atoms with Crippen LogP contribution < -0.4 is 5.32 Å². The van der Waals surface area contributed by atoms with Crippen LogP contribution >= 0.6 is 35.3 Å². The van der Waals surface area contributed by atoms with Crippen LogP contribution in [0.25, 0.3) is 0 Å². The maximum absolute atomic E-state index is 5.76. The molecule has 0 aliphatic carbocycles. The molecule has 0 aromatic carbocycles. The zero-order chi connectivity index (χ0) is 19.8. The minimum atomic E-state index is 0. The van der Waals surface area contributed by atoms with Crippen molar-refractivity contribution in [1.29, 1.82) is 0 Å². The predicted octanol–water partition coefficient (Wildman–Crippen LogP) is 3.61. The molecule has 2 aliphatic heterocycles. The number of likely N-dealkylation sites (tertiary alicyclic amines) is 2. The molecule has 0 atom stereocenters. The molecular weight excluding hydrogens is 497 g/mol. The van der Waals surface area contributed by atoms with Crippen molar-refractivity contribution in [2.45, 2.75) is 58.6 Å². The molecule has 3 heterocycles. The van der Waals surface area contributed by atoms with Gasteiger partial charge in [0.1, 0.15) is 0 Å². The zero-order valence-corrected chi connectivity index (χ0v) is 21.4. The van der Waals surface area contributed by atoms with E-state index in [9.17, 15) is 0 Å². The first-order valence-electron chi connectivity index (χ1n) is 10.9. The van der Waals surface area contributed by atoms with Gasteiger partial charge in [-0.1, -0.05) is 6.92 Å². The number of nitrogens with one attached hydrogen (secondary N) is 1. The van der Waals surface area contributed by atoms with E-state index in [-0.39, 0.29) is 24.0 Å². The summed E-state index contributed by atoms with van der Waals surface area (Å²) >= 11 is 1.80. The minimum absolute atomic E-state index is 0.